The first-order chi connectivity index (χ1) is 6.11. The average molecular weight is 367 g/mol. The molecule has 0 atom stereocenters. The van der Waals surface area contributed by atoms with Crippen molar-refractivity contribution in [3.8, 4) is 0 Å². The van der Waals surface area contributed by atoms with Crippen LogP contribution in [0, 0.1) is 0 Å². The Morgan fingerprint density at radius 2 is 1.62 bits per heavy atom. The highest BCUT2D eigenvalue weighted by atomic mass is 79.9. The Morgan fingerprint density at radius 3 is 2.08 bits per heavy atom. The van der Waals surface area contributed by atoms with Crippen molar-refractivity contribution in [3.05, 3.63) is 32.3 Å². The van der Waals surface area contributed by atoms with E-state index in [9.17, 15) is 0 Å². The second kappa shape index (κ2) is 5.22. The van der Waals surface area contributed by atoms with Crippen molar-refractivity contribution in [2.24, 2.45) is 0 Å². The summed E-state index contributed by atoms with van der Waals surface area (Å²) >= 11 is 24.5. The zero-order chi connectivity index (χ0) is 10.0. The Morgan fingerprint density at radius 1 is 1.00 bits per heavy atom. The van der Waals surface area contributed by atoms with Crippen molar-refractivity contribution >= 4 is 66.7 Å². The molecule has 0 fully saturated rings. The molecule has 1 aromatic rings. The molecule has 0 aliphatic heterocycles. The molecule has 13 heavy (non-hydrogen) atoms. The van der Waals surface area contributed by atoms with E-state index in [1.165, 1.54) is 0 Å². The molecule has 0 bridgehead atoms. The van der Waals surface area contributed by atoms with Crippen LogP contribution in [0.15, 0.2) is 6.07 Å². The maximum absolute atomic E-state index is 6.02. The van der Waals surface area contributed by atoms with E-state index in [0.29, 0.717) is 25.7 Å². The van der Waals surface area contributed by atoms with Gasteiger partial charge in [0, 0.05) is 10.7 Å². The molecule has 1 aromatic carbocycles. The first-order valence-electron chi connectivity index (χ1n) is 3.39. The van der Waals surface area contributed by atoms with Gasteiger partial charge in [-0.3, -0.25) is 0 Å². The Bertz CT molecular complexity index is 326. The van der Waals surface area contributed by atoms with Crippen LogP contribution in [0.5, 0.6) is 0 Å². The Hall–Kier alpha value is 1.05. The van der Waals surface area contributed by atoms with Gasteiger partial charge in [0.15, 0.2) is 0 Å². The summed E-state index contributed by atoms with van der Waals surface area (Å²) in [6.07, 6.45) is 0. The predicted molar refractivity (Wildman–Crippen MR) is 66.7 cm³/mol. The maximum atomic E-state index is 6.02. The van der Waals surface area contributed by atoms with Crippen LogP contribution in [-0.4, -0.2) is 0 Å². The van der Waals surface area contributed by atoms with Crippen LogP contribution in [0.25, 0.3) is 0 Å². The lowest BCUT2D eigenvalue weighted by Gasteiger charge is -2.09. The van der Waals surface area contributed by atoms with Crippen molar-refractivity contribution in [2.75, 3.05) is 0 Å². The number of halogens is 5. The highest BCUT2D eigenvalue weighted by Gasteiger charge is 2.12. The quantitative estimate of drug-likeness (QED) is 0.483. The summed E-state index contributed by atoms with van der Waals surface area (Å²) in [5.41, 5.74) is 2.03. The van der Waals surface area contributed by atoms with Crippen molar-refractivity contribution in [2.45, 2.75) is 10.7 Å². The van der Waals surface area contributed by atoms with Gasteiger partial charge in [0.05, 0.1) is 15.1 Å². The smallest absolute Gasteiger partial charge is 0.0781 e. The number of alkyl halides is 2. The lowest BCUT2D eigenvalue weighted by molar-refractivity contribution is 1.30. The van der Waals surface area contributed by atoms with E-state index in [-0.39, 0.29) is 0 Å². The highest BCUT2D eigenvalue weighted by Crippen LogP contribution is 2.36. The molecule has 0 unspecified atom stereocenters. The second-order valence-corrected chi connectivity index (χ2v) is 4.68. The standard InChI is InChI=1S/C8H5Br2Cl3/c9-2-4-1-6(11)8(13)7(12)5(4)3-10/h1H,2-3H2. The van der Waals surface area contributed by atoms with Gasteiger partial charge >= 0.3 is 0 Å². The zero-order valence-corrected chi connectivity index (χ0v) is 11.8. The summed E-state index contributed by atoms with van der Waals surface area (Å²) in [5.74, 6) is 0. The molecule has 0 spiro atoms. The van der Waals surface area contributed by atoms with Gasteiger partial charge in [-0.05, 0) is 17.2 Å². The van der Waals surface area contributed by atoms with Crippen LogP contribution in [0.4, 0.5) is 0 Å². The third-order valence-electron chi connectivity index (χ3n) is 1.63. The fraction of sp³-hybridized carbons (Fsp3) is 0.250. The molecule has 0 heterocycles. The van der Waals surface area contributed by atoms with E-state index in [4.69, 9.17) is 34.8 Å². The fourth-order valence-electron chi connectivity index (χ4n) is 0.945. The minimum atomic E-state index is 0.419. The van der Waals surface area contributed by atoms with Gasteiger partial charge in [-0.1, -0.05) is 66.7 Å². The number of hydrogen-bond donors (Lipinski definition) is 0. The lowest BCUT2D eigenvalue weighted by Crippen LogP contribution is -1.91. The van der Waals surface area contributed by atoms with Gasteiger partial charge in [-0.15, -0.1) is 0 Å². The normalized spacial score (nSPS) is 10.5. The molecule has 0 nitrogen and oxygen atoms in total. The molecule has 0 N–H and O–H groups in total. The summed E-state index contributed by atoms with van der Waals surface area (Å²) < 4.78 is 0. The molecule has 1 rings (SSSR count). The van der Waals surface area contributed by atoms with Crippen LogP contribution < -0.4 is 0 Å². The van der Waals surface area contributed by atoms with Crippen molar-refractivity contribution in [1.29, 1.82) is 0 Å². The van der Waals surface area contributed by atoms with Gasteiger partial charge in [-0.25, -0.2) is 0 Å². The Kier molecular flexibility index (Phi) is 4.87. The number of rotatable bonds is 2. The zero-order valence-electron chi connectivity index (χ0n) is 6.38. The van der Waals surface area contributed by atoms with E-state index in [1.54, 1.807) is 0 Å². The third kappa shape index (κ3) is 2.54. The molecular weight excluding hydrogens is 362 g/mol. The largest absolute Gasteiger partial charge is 0.0876 e. The lowest BCUT2D eigenvalue weighted by atomic mass is 10.1. The molecular formula is C8H5Br2Cl3. The maximum Gasteiger partial charge on any atom is 0.0781 e. The van der Waals surface area contributed by atoms with E-state index < -0.39 is 0 Å². The Balaban J connectivity index is 3.39. The molecule has 0 aliphatic rings. The summed E-state index contributed by atoms with van der Waals surface area (Å²) in [7, 11) is 0. The SMILES string of the molecule is Clc1cc(CBr)c(CBr)c(Cl)c1Cl. The molecule has 0 aromatic heterocycles. The summed E-state index contributed by atoms with van der Waals surface area (Å²) in [5, 5.41) is 2.82. The monoisotopic (exact) mass is 364 g/mol. The van der Waals surface area contributed by atoms with E-state index >= 15 is 0 Å². The van der Waals surface area contributed by atoms with E-state index in [1.807, 2.05) is 6.07 Å². The third-order valence-corrected chi connectivity index (χ3v) is 4.10. The summed E-state index contributed by atoms with van der Waals surface area (Å²) in [4.78, 5) is 0. The first-order valence-corrected chi connectivity index (χ1v) is 6.76. The van der Waals surface area contributed by atoms with Gasteiger partial charge in [-0.2, -0.15) is 0 Å². The van der Waals surface area contributed by atoms with Crippen LogP contribution in [0.1, 0.15) is 11.1 Å². The van der Waals surface area contributed by atoms with Gasteiger partial charge < -0.3 is 0 Å². The summed E-state index contributed by atoms with van der Waals surface area (Å²) in [6.45, 7) is 0. The van der Waals surface area contributed by atoms with Gasteiger partial charge in [0.2, 0.25) is 0 Å². The molecule has 0 radical (unpaired) electrons. The van der Waals surface area contributed by atoms with Gasteiger partial charge in [0.25, 0.3) is 0 Å². The fourth-order valence-corrected chi connectivity index (χ4v) is 2.98. The molecule has 5 heteroatoms. The highest BCUT2D eigenvalue weighted by molar-refractivity contribution is 9.09. The first kappa shape index (κ1) is 12.1. The van der Waals surface area contributed by atoms with Crippen LogP contribution >= 0.6 is 66.7 Å². The van der Waals surface area contributed by atoms with E-state index in [0.717, 1.165) is 11.1 Å². The molecule has 0 aliphatic carbocycles. The second-order valence-electron chi connectivity index (χ2n) is 2.39. The van der Waals surface area contributed by atoms with Crippen molar-refractivity contribution < 1.29 is 0 Å². The van der Waals surface area contributed by atoms with Gasteiger partial charge in [0.1, 0.15) is 0 Å². The predicted octanol–water partition coefficient (Wildman–Crippen LogP) is 5.44. The van der Waals surface area contributed by atoms with Crippen molar-refractivity contribution in [3.63, 3.8) is 0 Å². The molecule has 0 amide bonds. The number of hydrogen-bond acceptors (Lipinski definition) is 0. The number of benzene rings is 1. The van der Waals surface area contributed by atoms with Crippen LogP contribution in [-0.2, 0) is 10.7 Å². The van der Waals surface area contributed by atoms with E-state index in [2.05, 4.69) is 31.9 Å². The average Bonchev–Trinajstić information content (AvgIpc) is 2.13. The van der Waals surface area contributed by atoms with Crippen LogP contribution in [0.2, 0.25) is 15.1 Å². The molecule has 72 valence electrons. The topological polar surface area (TPSA) is 0 Å². The minimum Gasteiger partial charge on any atom is -0.0876 e. The minimum absolute atomic E-state index is 0.419. The Labute approximate surface area is 109 Å². The molecule has 0 saturated heterocycles. The van der Waals surface area contributed by atoms with Crippen molar-refractivity contribution in [1.82, 2.24) is 0 Å². The summed E-state index contributed by atoms with van der Waals surface area (Å²) in [6, 6.07) is 1.82. The van der Waals surface area contributed by atoms with Crippen LogP contribution in [0.3, 0.4) is 0 Å². The molecule has 0 saturated carbocycles.